The van der Waals surface area contributed by atoms with Gasteiger partial charge in [0.1, 0.15) is 0 Å². The first-order chi connectivity index (χ1) is 11.0. The summed E-state index contributed by atoms with van der Waals surface area (Å²) in [5.41, 5.74) is 1.08. The lowest BCUT2D eigenvalue weighted by molar-refractivity contribution is 0.353. The number of hydrogen-bond donors (Lipinski definition) is 2. The van der Waals surface area contributed by atoms with Crippen LogP contribution >= 0.6 is 0 Å². The van der Waals surface area contributed by atoms with Crippen molar-refractivity contribution < 1.29 is 9.47 Å². The summed E-state index contributed by atoms with van der Waals surface area (Å²) in [6, 6.07) is 3.80. The van der Waals surface area contributed by atoms with Crippen LogP contribution in [0.4, 0.5) is 5.82 Å². The van der Waals surface area contributed by atoms with Crippen LogP contribution in [0.15, 0.2) is 21.7 Å². The zero-order valence-corrected chi connectivity index (χ0v) is 13.2. The van der Waals surface area contributed by atoms with Crippen LogP contribution in [0.3, 0.4) is 0 Å². The third-order valence-electron chi connectivity index (χ3n) is 4.15. The number of benzene rings is 1. The SMILES string of the molecule is COc1cc2c(cc1OC)C(C)N(c1n[nH]c(=O)[nH]c1=O)CC2. The van der Waals surface area contributed by atoms with Crippen molar-refractivity contribution in [2.75, 3.05) is 25.7 Å². The first-order valence-corrected chi connectivity index (χ1v) is 7.25. The Balaban J connectivity index is 2.04. The molecule has 0 fully saturated rings. The van der Waals surface area contributed by atoms with Gasteiger partial charge in [0.25, 0.3) is 5.56 Å². The summed E-state index contributed by atoms with van der Waals surface area (Å²) in [6.45, 7) is 2.60. The van der Waals surface area contributed by atoms with Crippen LogP contribution in [0.1, 0.15) is 24.1 Å². The standard InChI is InChI=1S/C15H18N4O4/c1-8-10-7-12(23-3)11(22-2)6-9(10)4-5-19(8)13-14(20)16-15(21)18-17-13/h6-8H,4-5H2,1-3H3,(H2,16,18,20,21). The molecule has 2 N–H and O–H groups in total. The van der Waals surface area contributed by atoms with Gasteiger partial charge in [-0.25, -0.2) is 9.89 Å². The molecule has 8 heteroatoms. The van der Waals surface area contributed by atoms with Gasteiger partial charge in [0.2, 0.25) is 5.82 Å². The summed E-state index contributed by atoms with van der Waals surface area (Å²) in [7, 11) is 3.19. The quantitative estimate of drug-likeness (QED) is 0.859. The maximum absolute atomic E-state index is 12.0. The molecule has 0 aliphatic carbocycles. The highest BCUT2D eigenvalue weighted by molar-refractivity contribution is 5.53. The Bertz CT molecular complexity index is 842. The number of nitrogens with zero attached hydrogens (tertiary/aromatic N) is 2. The average molecular weight is 318 g/mol. The van der Waals surface area contributed by atoms with E-state index < -0.39 is 11.2 Å². The number of aromatic amines is 2. The molecule has 1 atom stereocenters. The van der Waals surface area contributed by atoms with E-state index in [4.69, 9.17) is 9.47 Å². The fourth-order valence-electron chi connectivity index (χ4n) is 2.97. The van der Waals surface area contributed by atoms with E-state index in [-0.39, 0.29) is 11.9 Å². The fraction of sp³-hybridized carbons (Fsp3) is 0.400. The Labute approximate surface area is 132 Å². The molecule has 2 aromatic rings. The summed E-state index contributed by atoms with van der Waals surface area (Å²) in [5.74, 6) is 1.53. The molecule has 3 rings (SSSR count). The molecule has 1 aliphatic heterocycles. The number of nitrogens with one attached hydrogen (secondary N) is 2. The summed E-state index contributed by atoms with van der Waals surface area (Å²) in [6.07, 6.45) is 0.736. The highest BCUT2D eigenvalue weighted by atomic mass is 16.5. The molecule has 23 heavy (non-hydrogen) atoms. The summed E-state index contributed by atoms with van der Waals surface area (Å²) >= 11 is 0. The van der Waals surface area contributed by atoms with E-state index in [1.54, 1.807) is 14.2 Å². The van der Waals surface area contributed by atoms with E-state index in [0.29, 0.717) is 18.0 Å². The van der Waals surface area contributed by atoms with Crippen LogP contribution in [-0.4, -0.2) is 35.9 Å². The van der Waals surface area contributed by atoms with Crippen molar-refractivity contribution in [1.82, 2.24) is 15.2 Å². The number of ether oxygens (including phenoxy) is 2. The van der Waals surface area contributed by atoms with Crippen molar-refractivity contribution in [3.8, 4) is 11.5 Å². The maximum Gasteiger partial charge on any atom is 0.342 e. The van der Waals surface area contributed by atoms with E-state index in [1.807, 2.05) is 24.0 Å². The van der Waals surface area contributed by atoms with Crippen molar-refractivity contribution in [3.05, 3.63) is 44.1 Å². The van der Waals surface area contributed by atoms with Crippen LogP contribution in [-0.2, 0) is 6.42 Å². The van der Waals surface area contributed by atoms with Gasteiger partial charge in [0.05, 0.1) is 20.3 Å². The smallest absolute Gasteiger partial charge is 0.342 e. The molecule has 2 heterocycles. The van der Waals surface area contributed by atoms with Crippen LogP contribution in [0.2, 0.25) is 0 Å². The fourth-order valence-corrected chi connectivity index (χ4v) is 2.97. The van der Waals surface area contributed by atoms with Gasteiger partial charge < -0.3 is 14.4 Å². The molecule has 0 saturated heterocycles. The highest BCUT2D eigenvalue weighted by Crippen LogP contribution is 2.38. The first kappa shape index (κ1) is 15.1. The zero-order valence-electron chi connectivity index (χ0n) is 13.2. The number of rotatable bonds is 3. The van der Waals surface area contributed by atoms with Gasteiger partial charge in [0.15, 0.2) is 11.5 Å². The van der Waals surface area contributed by atoms with Crippen LogP contribution in [0, 0.1) is 0 Å². The van der Waals surface area contributed by atoms with Crippen molar-refractivity contribution in [1.29, 1.82) is 0 Å². The lowest BCUT2D eigenvalue weighted by Crippen LogP contribution is -2.40. The van der Waals surface area contributed by atoms with Crippen molar-refractivity contribution in [3.63, 3.8) is 0 Å². The number of H-pyrrole nitrogens is 2. The van der Waals surface area contributed by atoms with Gasteiger partial charge in [-0.15, -0.1) is 5.10 Å². The van der Waals surface area contributed by atoms with Gasteiger partial charge in [0, 0.05) is 6.54 Å². The van der Waals surface area contributed by atoms with E-state index >= 15 is 0 Å². The largest absolute Gasteiger partial charge is 0.493 e. The molecule has 0 radical (unpaired) electrons. The molecular formula is C15H18N4O4. The molecule has 1 aromatic heterocycles. The Hall–Kier alpha value is -2.77. The van der Waals surface area contributed by atoms with E-state index in [1.165, 1.54) is 0 Å². The highest BCUT2D eigenvalue weighted by Gasteiger charge is 2.28. The number of fused-ring (bicyclic) bond motifs is 1. The molecule has 0 saturated carbocycles. The summed E-state index contributed by atoms with van der Waals surface area (Å²) < 4.78 is 10.7. The molecule has 1 unspecified atom stereocenters. The maximum atomic E-state index is 12.0. The number of aromatic nitrogens is 3. The van der Waals surface area contributed by atoms with E-state index in [2.05, 4.69) is 15.2 Å². The lowest BCUT2D eigenvalue weighted by atomic mass is 9.93. The number of methoxy groups -OCH3 is 2. The Kier molecular flexibility index (Phi) is 3.81. The normalized spacial score (nSPS) is 16.8. The first-order valence-electron chi connectivity index (χ1n) is 7.25. The molecule has 1 aliphatic rings. The third kappa shape index (κ3) is 2.56. The topological polar surface area (TPSA) is 100 Å². The second-order valence-electron chi connectivity index (χ2n) is 5.36. The molecule has 1 aromatic carbocycles. The third-order valence-corrected chi connectivity index (χ3v) is 4.15. The van der Waals surface area contributed by atoms with Gasteiger partial charge >= 0.3 is 5.69 Å². The Morgan fingerprint density at radius 3 is 2.57 bits per heavy atom. The second kappa shape index (κ2) is 5.79. The predicted molar refractivity (Wildman–Crippen MR) is 84.5 cm³/mol. The number of anilines is 1. The zero-order chi connectivity index (χ0) is 16.6. The van der Waals surface area contributed by atoms with Crippen LogP contribution in [0.5, 0.6) is 11.5 Å². The van der Waals surface area contributed by atoms with Gasteiger partial charge in [-0.2, -0.15) is 0 Å². The monoisotopic (exact) mass is 318 g/mol. The summed E-state index contributed by atoms with van der Waals surface area (Å²) in [4.78, 5) is 27.2. The predicted octanol–water partition coefficient (Wildman–Crippen LogP) is 0.599. The van der Waals surface area contributed by atoms with Crippen LogP contribution < -0.4 is 25.6 Å². The minimum absolute atomic E-state index is 0.0851. The lowest BCUT2D eigenvalue weighted by Gasteiger charge is -2.35. The molecule has 8 nitrogen and oxygen atoms in total. The molecule has 122 valence electrons. The van der Waals surface area contributed by atoms with Gasteiger partial charge in [-0.1, -0.05) is 0 Å². The molecular weight excluding hydrogens is 300 g/mol. The number of hydrogen-bond acceptors (Lipinski definition) is 6. The minimum atomic E-state index is -0.616. The van der Waals surface area contributed by atoms with Gasteiger partial charge in [-0.05, 0) is 36.6 Å². The van der Waals surface area contributed by atoms with Gasteiger partial charge in [-0.3, -0.25) is 9.78 Å². The van der Waals surface area contributed by atoms with E-state index in [0.717, 1.165) is 17.5 Å². The minimum Gasteiger partial charge on any atom is -0.493 e. The second-order valence-corrected chi connectivity index (χ2v) is 5.36. The molecule has 0 spiro atoms. The van der Waals surface area contributed by atoms with Crippen molar-refractivity contribution >= 4 is 5.82 Å². The molecule has 0 bridgehead atoms. The Morgan fingerprint density at radius 2 is 1.91 bits per heavy atom. The van der Waals surface area contributed by atoms with E-state index in [9.17, 15) is 9.59 Å². The Morgan fingerprint density at radius 1 is 1.22 bits per heavy atom. The van der Waals surface area contributed by atoms with Crippen molar-refractivity contribution in [2.24, 2.45) is 0 Å². The molecule has 0 amide bonds. The van der Waals surface area contributed by atoms with Crippen molar-refractivity contribution in [2.45, 2.75) is 19.4 Å². The summed E-state index contributed by atoms with van der Waals surface area (Å²) in [5, 5.41) is 6.17. The van der Waals surface area contributed by atoms with Crippen LogP contribution in [0.25, 0.3) is 0 Å². The average Bonchev–Trinajstić information content (AvgIpc) is 2.55.